The van der Waals surface area contributed by atoms with Crippen LogP contribution in [0.3, 0.4) is 0 Å². The van der Waals surface area contributed by atoms with Crippen LogP contribution in [0.25, 0.3) is 16.6 Å². The van der Waals surface area contributed by atoms with Crippen molar-refractivity contribution in [1.82, 2.24) is 4.57 Å². The van der Waals surface area contributed by atoms with Crippen molar-refractivity contribution >= 4 is 10.9 Å². The topological polar surface area (TPSA) is 45.4 Å². The molecule has 29 heavy (non-hydrogen) atoms. The molecule has 0 saturated heterocycles. The Labute approximate surface area is 171 Å². The van der Waals surface area contributed by atoms with Gasteiger partial charge in [-0.15, -0.1) is 0 Å². The number of hydrogen-bond donors (Lipinski definition) is 2. The number of fused-ring (bicyclic) bond motifs is 1. The molecule has 0 amide bonds. The summed E-state index contributed by atoms with van der Waals surface area (Å²) in [6, 6.07) is 12.0. The first kappa shape index (κ1) is 20.0. The van der Waals surface area contributed by atoms with E-state index < -0.39 is 5.41 Å². The minimum absolute atomic E-state index is 0.0239. The molecule has 1 heterocycles. The minimum Gasteiger partial charge on any atom is -0.507 e. The number of halogens is 1. The summed E-state index contributed by atoms with van der Waals surface area (Å²) >= 11 is 0. The van der Waals surface area contributed by atoms with Gasteiger partial charge >= 0.3 is 0 Å². The number of phenolic OH excluding ortho intramolecular Hbond substituents is 1. The Morgan fingerprint density at radius 2 is 1.86 bits per heavy atom. The summed E-state index contributed by atoms with van der Waals surface area (Å²) < 4.78 is 15.8. The quantitative estimate of drug-likeness (QED) is 0.584. The van der Waals surface area contributed by atoms with Crippen LogP contribution >= 0.6 is 0 Å². The van der Waals surface area contributed by atoms with Crippen molar-refractivity contribution in [3.8, 4) is 11.4 Å². The molecule has 154 valence electrons. The van der Waals surface area contributed by atoms with Crippen LogP contribution in [0.2, 0.25) is 0 Å². The van der Waals surface area contributed by atoms with Gasteiger partial charge in [-0.2, -0.15) is 0 Å². The van der Waals surface area contributed by atoms with Gasteiger partial charge in [-0.05, 0) is 72.6 Å². The van der Waals surface area contributed by atoms with Gasteiger partial charge in [-0.1, -0.05) is 33.8 Å². The van der Waals surface area contributed by atoms with Gasteiger partial charge in [0, 0.05) is 22.2 Å². The van der Waals surface area contributed by atoms with Crippen molar-refractivity contribution < 1.29 is 14.6 Å². The predicted octanol–water partition coefficient (Wildman–Crippen LogP) is 5.82. The number of aliphatic hydroxyl groups excluding tert-OH is 1. The van der Waals surface area contributed by atoms with E-state index in [0.717, 1.165) is 47.1 Å². The zero-order valence-electron chi connectivity index (χ0n) is 17.7. The predicted molar refractivity (Wildman–Crippen MR) is 115 cm³/mol. The van der Waals surface area contributed by atoms with E-state index >= 15 is 0 Å². The van der Waals surface area contributed by atoms with E-state index in [1.807, 2.05) is 26.0 Å². The summed E-state index contributed by atoms with van der Waals surface area (Å²) in [6.07, 6.45) is 3.23. The fraction of sp³-hybridized carbons (Fsp3) is 0.440. The van der Waals surface area contributed by atoms with Crippen molar-refractivity contribution in [2.24, 2.45) is 5.92 Å². The second-order valence-corrected chi connectivity index (χ2v) is 9.66. The lowest BCUT2D eigenvalue weighted by Gasteiger charge is -2.33. The van der Waals surface area contributed by atoms with Crippen LogP contribution in [0.5, 0.6) is 5.75 Å². The zero-order chi connectivity index (χ0) is 21.0. The molecule has 1 aromatic heterocycles. The van der Waals surface area contributed by atoms with E-state index in [2.05, 4.69) is 18.4 Å². The third-order valence-corrected chi connectivity index (χ3v) is 6.68. The Morgan fingerprint density at radius 1 is 1.17 bits per heavy atom. The SMILES string of the molecule is CC1CCC(C)(c2c(C(C)(C)CO)n(-c3ccc(F)cc3)c3cccc(O)c23)C1. The third kappa shape index (κ3) is 3.14. The van der Waals surface area contributed by atoms with Crippen molar-refractivity contribution in [3.63, 3.8) is 0 Å². The summed E-state index contributed by atoms with van der Waals surface area (Å²) in [4.78, 5) is 0. The van der Waals surface area contributed by atoms with Crippen molar-refractivity contribution in [2.75, 3.05) is 6.61 Å². The van der Waals surface area contributed by atoms with E-state index in [-0.39, 0.29) is 23.6 Å². The van der Waals surface area contributed by atoms with E-state index in [4.69, 9.17) is 0 Å². The molecule has 3 nitrogen and oxygen atoms in total. The Morgan fingerprint density at radius 3 is 2.45 bits per heavy atom. The zero-order valence-corrected chi connectivity index (χ0v) is 17.7. The largest absolute Gasteiger partial charge is 0.507 e. The first-order valence-electron chi connectivity index (χ1n) is 10.4. The van der Waals surface area contributed by atoms with Crippen LogP contribution in [0.1, 0.15) is 58.2 Å². The lowest BCUT2D eigenvalue weighted by molar-refractivity contribution is 0.212. The van der Waals surface area contributed by atoms with E-state index in [9.17, 15) is 14.6 Å². The second-order valence-electron chi connectivity index (χ2n) is 9.66. The van der Waals surface area contributed by atoms with E-state index in [0.29, 0.717) is 5.92 Å². The van der Waals surface area contributed by atoms with Gasteiger partial charge in [-0.25, -0.2) is 4.39 Å². The van der Waals surface area contributed by atoms with Crippen LogP contribution in [0, 0.1) is 11.7 Å². The summed E-state index contributed by atoms with van der Waals surface area (Å²) in [7, 11) is 0. The summed E-state index contributed by atoms with van der Waals surface area (Å²) in [5.74, 6) is 0.585. The molecule has 0 aliphatic heterocycles. The Balaban J connectivity index is 2.16. The summed E-state index contributed by atoms with van der Waals surface area (Å²) in [6.45, 7) is 8.60. The van der Waals surface area contributed by atoms with E-state index in [1.54, 1.807) is 18.2 Å². The standard InChI is InChI=1S/C25H30FNO2/c1-16-12-13-25(4,14-16)22-21-19(6-5-7-20(21)29)27(23(22)24(2,3)15-28)18-10-8-17(26)9-11-18/h5-11,16,28-29H,12-15H2,1-4H3. The van der Waals surface area contributed by atoms with E-state index in [1.165, 1.54) is 12.1 Å². The maximum absolute atomic E-state index is 13.6. The molecule has 2 unspecified atom stereocenters. The molecule has 1 aliphatic carbocycles. The van der Waals surface area contributed by atoms with Gasteiger partial charge in [-0.3, -0.25) is 0 Å². The molecule has 0 spiro atoms. The second kappa shape index (κ2) is 6.88. The Bertz CT molecular complexity index is 1050. The number of benzene rings is 2. The third-order valence-electron chi connectivity index (χ3n) is 6.68. The highest BCUT2D eigenvalue weighted by molar-refractivity contribution is 5.94. The molecule has 2 atom stereocenters. The lowest BCUT2D eigenvalue weighted by Crippen LogP contribution is -2.31. The maximum Gasteiger partial charge on any atom is 0.125 e. The highest BCUT2D eigenvalue weighted by Crippen LogP contribution is 2.52. The number of aliphatic hydroxyl groups is 1. The van der Waals surface area contributed by atoms with Crippen LogP contribution in [-0.4, -0.2) is 21.4 Å². The van der Waals surface area contributed by atoms with Crippen LogP contribution in [-0.2, 0) is 10.8 Å². The molecular formula is C25H30FNO2. The summed E-state index contributed by atoms with van der Waals surface area (Å²) in [5, 5.41) is 22.1. The molecule has 4 heteroatoms. The Kier molecular flexibility index (Phi) is 4.73. The van der Waals surface area contributed by atoms with Gasteiger partial charge in [0.15, 0.2) is 0 Å². The van der Waals surface area contributed by atoms with Crippen molar-refractivity contribution in [2.45, 2.75) is 57.8 Å². The molecule has 2 N–H and O–H groups in total. The average molecular weight is 396 g/mol. The Hall–Kier alpha value is -2.33. The number of rotatable bonds is 4. The molecule has 1 saturated carbocycles. The smallest absolute Gasteiger partial charge is 0.125 e. The van der Waals surface area contributed by atoms with Gasteiger partial charge in [0.2, 0.25) is 0 Å². The van der Waals surface area contributed by atoms with Crippen LogP contribution in [0.15, 0.2) is 42.5 Å². The van der Waals surface area contributed by atoms with Crippen molar-refractivity contribution in [1.29, 1.82) is 0 Å². The number of aromatic nitrogens is 1. The minimum atomic E-state index is -0.538. The van der Waals surface area contributed by atoms with Crippen molar-refractivity contribution in [3.05, 3.63) is 59.5 Å². The molecule has 1 fully saturated rings. The molecule has 2 aromatic carbocycles. The summed E-state index contributed by atoms with van der Waals surface area (Å²) in [5.41, 5.74) is 3.22. The number of nitrogens with zero attached hydrogens (tertiary/aromatic N) is 1. The van der Waals surface area contributed by atoms with Gasteiger partial charge < -0.3 is 14.8 Å². The monoisotopic (exact) mass is 395 g/mol. The van der Waals surface area contributed by atoms with Gasteiger partial charge in [0.1, 0.15) is 11.6 Å². The maximum atomic E-state index is 13.6. The fourth-order valence-electron chi connectivity index (χ4n) is 5.25. The number of aromatic hydroxyl groups is 1. The normalized spacial score (nSPS) is 22.5. The van der Waals surface area contributed by atoms with Gasteiger partial charge in [0.05, 0.1) is 12.1 Å². The molecule has 0 radical (unpaired) electrons. The highest BCUT2D eigenvalue weighted by atomic mass is 19.1. The molecule has 3 aromatic rings. The highest BCUT2D eigenvalue weighted by Gasteiger charge is 2.43. The van der Waals surface area contributed by atoms with Crippen LogP contribution < -0.4 is 0 Å². The molecule has 1 aliphatic rings. The first-order valence-corrected chi connectivity index (χ1v) is 10.4. The number of phenols is 1. The molecule has 4 rings (SSSR count). The van der Waals surface area contributed by atoms with Crippen LogP contribution in [0.4, 0.5) is 4.39 Å². The lowest BCUT2D eigenvalue weighted by atomic mass is 9.73. The number of hydrogen-bond acceptors (Lipinski definition) is 2. The molecular weight excluding hydrogens is 365 g/mol. The molecule has 0 bridgehead atoms. The van der Waals surface area contributed by atoms with Gasteiger partial charge in [0.25, 0.3) is 0 Å². The fourth-order valence-corrected chi connectivity index (χ4v) is 5.25. The first-order chi connectivity index (χ1) is 13.7. The average Bonchev–Trinajstić information content (AvgIpc) is 3.22.